The molecule has 2 nitrogen and oxygen atoms in total. The topological polar surface area (TPSA) is 34.1 Å². The van der Waals surface area contributed by atoms with Gasteiger partial charge in [0.1, 0.15) is 0 Å². The highest BCUT2D eigenvalue weighted by atomic mass is 32.2. The van der Waals surface area contributed by atoms with Crippen molar-refractivity contribution in [3.63, 3.8) is 0 Å². The molecule has 108 valence electrons. The van der Waals surface area contributed by atoms with Crippen LogP contribution in [0.5, 0.6) is 0 Å². The average molecular weight is 282 g/mol. The summed E-state index contributed by atoms with van der Waals surface area (Å²) in [7, 11) is -3.21. The Hall–Kier alpha value is -0.830. The maximum Gasteiger partial charge on any atom is 0.181 e. The highest BCUT2D eigenvalue weighted by Crippen LogP contribution is 2.26. The number of hydrogen-bond acceptors (Lipinski definition) is 2. The standard InChI is InChI=1S/C16H26O2S/c1-12(2)10-16(11-13(3)4)19(17,18)15-8-6-14(5)7-9-15/h6-9,12-13,16H,10-11H2,1-5H3. The molecule has 0 saturated heterocycles. The fourth-order valence-corrected chi connectivity index (χ4v) is 4.50. The van der Waals surface area contributed by atoms with Gasteiger partial charge < -0.3 is 0 Å². The summed E-state index contributed by atoms with van der Waals surface area (Å²) in [5.41, 5.74) is 1.09. The molecule has 1 rings (SSSR count). The van der Waals surface area contributed by atoms with Crippen molar-refractivity contribution in [1.82, 2.24) is 0 Å². The zero-order valence-electron chi connectivity index (χ0n) is 12.7. The van der Waals surface area contributed by atoms with E-state index in [1.54, 1.807) is 12.1 Å². The maximum absolute atomic E-state index is 12.7. The predicted octanol–water partition coefficient (Wildman–Crippen LogP) is 4.23. The first-order valence-electron chi connectivity index (χ1n) is 7.04. The van der Waals surface area contributed by atoms with Gasteiger partial charge in [0.05, 0.1) is 10.1 Å². The Labute approximate surface area is 118 Å². The number of rotatable bonds is 6. The molecule has 0 aliphatic rings. The van der Waals surface area contributed by atoms with Crippen molar-refractivity contribution >= 4 is 9.84 Å². The molecule has 0 fully saturated rings. The van der Waals surface area contributed by atoms with Crippen LogP contribution >= 0.6 is 0 Å². The van der Waals surface area contributed by atoms with Gasteiger partial charge in [-0.1, -0.05) is 45.4 Å². The first kappa shape index (κ1) is 16.2. The summed E-state index contributed by atoms with van der Waals surface area (Å²) in [5.74, 6) is 0.785. The zero-order valence-corrected chi connectivity index (χ0v) is 13.5. The fourth-order valence-electron chi connectivity index (χ4n) is 2.32. The maximum atomic E-state index is 12.7. The third-order valence-electron chi connectivity index (χ3n) is 3.26. The van der Waals surface area contributed by atoms with E-state index in [2.05, 4.69) is 27.7 Å². The number of benzene rings is 1. The van der Waals surface area contributed by atoms with Crippen molar-refractivity contribution in [2.24, 2.45) is 11.8 Å². The van der Waals surface area contributed by atoms with Crippen LogP contribution in [-0.2, 0) is 9.84 Å². The third kappa shape index (κ3) is 4.64. The molecule has 0 N–H and O–H groups in total. The fraction of sp³-hybridized carbons (Fsp3) is 0.625. The molecule has 0 bridgehead atoms. The molecule has 1 aromatic rings. The van der Waals surface area contributed by atoms with Crippen LogP contribution in [0, 0.1) is 18.8 Å². The Balaban J connectivity index is 3.07. The minimum absolute atomic E-state index is 0.268. The lowest BCUT2D eigenvalue weighted by molar-refractivity contribution is 0.465. The summed E-state index contributed by atoms with van der Waals surface area (Å²) in [4.78, 5) is 0.462. The van der Waals surface area contributed by atoms with E-state index in [1.807, 2.05) is 19.1 Å². The van der Waals surface area contributed by atoms with Crippen LogP contribution in [0.25, 0.3) is 0 Å². The third-order valence-corrected chi connectivity index (χ3v) is 5.45. The van der Waals surface area contributed by atoms with Crippen molar-refractivity contribution in [3.8, 4) is 0 Å². The Morgan fingerprint density at radius 1 is 0.895 bits per heavy atom. The second kappa shape index (κ2) is 6.56. The normalized spacial score (nSPS) is 12.6. The molecule has 0 atom stereocenters. The lowest BCUT2D eigenvalue weighted by Gasteiger charge is -2.21. The molecule has 0 radical (unpaired) electrons. The molecule has 0 aliphatic carbocycles. The summed E-state index contributed by atoms with van der Waals surface area (Å²) in [6.07, 6.45) is 1.46. The molecule has 19 heavy (non-hydrogen) atoms. The Kier molecular flexibility index (Phi) is 5.60. The van der Waals surface area contributed by atoms with Crippen molar-refractivity contribution in [3.05, 3.63) is 29.8 Å². The van der Waals surface area contributed by atoms with E-state index in [-0.39, 0.29) is 5.25 Å². The summed E-state index contributed by atoms with van der Waals surface area (Å²) >= 11 is 0. The van der Waals surface area contributed by atoms with Crippen LogP contribution in [0.4, 0.5) is 0 Å². The van der Waals surface area contributed by atoms with E-state index in [0.717, 1.165) is 18.4 Å². The van der Waals surface area contributed by atoms with Gasteiger partial charge in [-0.05, 0) is 43.7 Å². The second-order valence-electron chi connectivity index (χ2n) is 6.24. The van der Waals surface area contributed by atoms with E-state index >= 15 is 0 Å². The lowest BCUT2D eigenvalue weighted by atomic mass is 10.0. The van der Waals surface area contributed by atoms with Gasteiger partial charge in [0.2, 0.25) is 0 Å². The molecular weight excluding hydrogens is 256 g/mol. The summed E-state index contributed by atoms with van der Waals surface area (Å²) in [6.45, 7) is 10.3. The molecule has 0 spiro atoms. The molecule has 3 heteroatoms. The van der Waals surface area contributed by atoms with Gasteiger partial charge in [-0.15, -0.1) is 0 Å². The van der Waals surface area contributed by atoms with Gasteiger partial charge in [0, 0.05) is 0 Å². The van der Waals surface area contributed by atoms with Crippen molar-refractivity contribution in [2.45, 2.75) is 57.6 Å². The summed E-state index contributed by atoms with van der Waals surface area (Å²) < 4.78 is 25.4. The van der Waals surface area contributed by atoms with Crippen molar-refractivity contribution in [1.29, 1.82) is 0 Å². The number of hydrogen-bond donors (Lipinski definition) is 0. The van der Waals surface area contributed by atoms with E-state index in [1.165, 1.54) is 0 Å². The quantitative estimate of drug-likeness (QED) is 0.782. The Bertz CT molecular complexity index is 474. The van der Waals surface area contributed by atoms with E-state index in [0.29, 0.717) is 16.7 Å². The highest BCUT2D eigenvalue weighted by Gasteiger charge is 2.28. The van der Waals surface area contributed by atoms with Crippen LogP contribution in [0.15, 0.2) is 29.2 Å². The van der Waals surface area contributed by atoms with E-state index < -0.39 is 9.84 Å². The highest BCUT2D eigenvalue weighted by molar-refractivity contribution is 7.92. The lowest BCUT2D eigenvalue weighted by Crippen LogP contribution is -2.25. The molecule has 0 unspecified atom stereocenters. The van der Waals surface area contributed by atoms with Crippen molar-refractivity contribution < 1.29 is 8.42 Å². The molecule has 1 aromatic carbocycles. The molecule has 0 heterocycles. The molecule has 0 saturated carbocycles. The predicted molar refractivity (Wildman–Crippen MR) is 81.1 cm³/mol. The van der Waals surface area contributed by atoms with Crippen LogP contribution in [0.3, 0.4) is 0 Å². The minimum atomic E-state index is -3.21. The smallest absolute Gasteiger partial charge is 0.181 e. The largest absolute Gasteiger partial charge is 0.223 e. The molecule has 0 aliphatic heterocycles. The summed E-state index contributed by atoms with van der Waals surface area (Å²) in [5, 5.41) is -0.268. The van der Waals surface area contributed by atoms with Gasteiger partial charge >= 0.3 is 0 Å². The van der Waals surface area contributed by atoms with Crippen LogP contribution < -0.4 is 0 Å². The Morgan fingerprint density at radius 3 is 1.68 bits per heavy atom. The number of sulfone groups is 1. The van der Waals surface area contributed by atoms with Gasteiger partial charge in [0.15, 0.2) is 9.84 Å². The Morgan fingerprint density at radius 2 is 1.32 bits per heavy atom. The van der Waals surface area contributed by atoms with Gasteiger partial charge in [0.25, 0.3) is 0 Å². The van der Waals surface area contributed by atoms with Gasteiger partial charge in [-0.3, -0.25) is 0 Å². The zero-order chi connectivity index (χ0) is 14.6. The first-order valence-corrected chi connectivity index (χ1v) is 8.58. The first-order chi connectivity index (χ1) is 8.73. The van der Waals surface area contributed by atoms with Crippen molar-refractivity contribution in [2.75, 3.05) is 0 Å². The van der Waals surface area contributed by atoms with Gasteiger partial charge in [-0.25, -0.2) is 8.42 Å². The molecule has 0 amide bonds. The molecule has 0 aromatic heterocycles. The molecular formula is C16H26O2S. The van der Waals surface area contributed by atoms with Crippen LogP contribution in [0.2, 0.25) is 0 Å². The second-order valence-corrected chi connectivity index (χ2v) is 8.47. The SMILES string of the molecule is Cc1ccc(S(=O)(=O)C(CC(C)C)CC(C)C)cc1. The van der Waals surface area contributed by atoms with Gasteiger partial charge in [-0.2, -0.15) is 0 Å². The monoisotopic (exact) mass is 282 g/mol. The van der Waals surface area contributed by atoms with Crippen LogP contribution in [-0.4, -0.2) is 13.7 Å². The summed E-state index contributed by atoms with van der Waals surface area (Å²) in [6, 6.07) is 7.21. The van der Waals surface area contributed by atoms with Crippen LogP contribution in [0.1, 0.15) is 46.1 Å². The minimum Gasteiger partial charge on any atom is -0.223 e. The number of aryl methyl sites for hydroxylation is 1. The van der Waals surface area contributed by atoms with E-state index in [4.69, 9.17) is 0 Å². The van der Waals surface area contributed by atoms with E-state index in [9.17, 15) is 8.42 Å². The average Bonchev–Trinajstić information content (AvgIpc) is 2.27.